The van der Waals surface area contributed by atoms with Gasteiger partial charge >= 0.3 is 5.97 Å². The molecule has 0 aliphatic carbocycles. The molecule has 1 saturated heterocycles. The van der Waals surface area contributed by atoms with Gasteiger partial charge < -0.3 is 14.3 Å². The first-order chi connectivity index (χ1) is 11.7. The molecule has 0 bridgehead atoms. The van der Waals surface area contributed by atoms with Crippen LogP contribution in [0.25, 0.3) is 11.3 Å². The van der Waals surface area contributed by atoms with Crippen LogP contribution in [0.4, 0.5) is 14.7 Å². The van der Waals surface area contributed by atoms with E-state index < -0.39 is 39.9 Å². The van der Waals surface area contributed by atoms with Gasteiger partial charge in [0.2, 0.25) is 11.5 Å². The number of halogens is 2. The molecule has 1 aromatic heterocycles. The summed E-state index contributed by atoms with van der Waals surface area (Å²) in [6.45, 7) is 1.26. The molecule has 2 heterocycles. The maximum atomic E-state index is 13.5. The van der Waals surface area contributed by atoms with Crippen LogP contribution >= 0.6 is 10.8 Å². The van der Waals surface area contributed by atoms with Crippen LogP contribution < -0.4 is 9.04 Å². The molecule has 3 rings (SSSR count). The molecule has 0 radical (unpaired) electrons. The van der Waals surface area contributed by atoms with Crippen molar-refractivity contribution in [3.8, 4) is 22.8 Å². The predicted octanol–water partition coefficient (Wildman–Crippen LogP) is 3.73. The lowest BCUT2D eigenvalue weighted by Crippen LogP contribution is -2.22. The van der Waals surface area contributed by atoms with E-state index in [-0.39, 0.29) is 29.5 Å². The van der Waals surface area contributed by atoms with Crippen LogP contribution in [-0.4, -0.2) is 32.5 Å². The summed E-state index contributed by atoms with van der Waals surface area (Å²) in [5, 5.41) is 10.3. The summed E-state index contributed by atoms with van der Waals surface area (Å²) in [4.78, 5) is 11.3. The lowest BCUT2D eigenvalue weighted by molar-refractivity contribution is -0.132. The lowest BCUT2D eigenvalue weighted by Gasteiger charge is -2.36. The molecule has 25 heavy (non-hydrogen) atoms. The zero-order valence-electron chi connectivity index (χ0n) is 13.0. The predicted molar refractivity (Wildman–Crippen MR) is 86.7 cm³/mol. The van der Waals surface area contributed by atoms with Gasteiger partial charge in [0, 0.05) is 25.1 Å². The summed E-state index contributed by atoms with van der Waals surface area (Å²) in [5.74, 6) is -4.25. The molecule has 1 aliphatic rings. The molecule has 0 atom stereocenters. The van der Waals surface area contributed by atoms with E-state index in [1.165, 1.54) is 0 Å². The number of anilines is 1. The first-order valence-corrected chi connectivity index (χ1v) is 8.90. The van der Waals surface area contributed by atoms with Gasteiger partial charge in [0.25, 0.3) is 5.88 Å². The van der Waals surface area contributed by atoms with E-state index in [9.17, 15) is 27.8 Å². The lowest BCUT2D eigenvalue weighted by atomic mass is 10.1. The van der Waals surface area contributed by atoms with Gasteiger partial charge in [-0.15, -0.1) is 10.8 Å². The highest BCUT2D eigenvalue weighted by atomic mass is 32.3. The second-order valence-corrected chi connectivity index (χ2v) is 7.57. The van der Waals surface area contributed by atoms with E-state index in [4.69, 9.17) is 9.15 Å². The van der Waals surface area contributed by atoms with E-state index in [0.717, 1.165) is 23.4 Å². The van der Waals surface area contributed by atoms with Crippen LogP contribution in [-0.2, 0) is 4.79 Å². The fourth-order valence-electron chi connectivity index (χ4n) is 2.57. The second kappa shape index (κ2) is 6.21. The van der Waals surface area contributed by atoms with Gasteiger partial charge in [0.05, 0.1) is 5.75 Å². The summed E-state index contributed by atoms with van der Waals surface area (Å²) in [6.07, 6.45) is 0.438. The van der Waals surface area contributed by atoms with E-state index >= 15 is 0 Å². The maximum Gasteiger partial charge on any atom is 0.308 e. The number of benzene rings is 1. The van der Waals surface area contributed by atoms with Crippen LogP contribution in [0.1, 0.15) is 13.3 Å². The Kier molecular flexibility index (Phi) is 4.35. The summed E-state index contributed by atoms with van der Waals surface area (Å²) in [5.41, 5.74) is -0.134. The van der Waals surface area contributed by atoms with Gasteiger partial charge in [0.15, 0.2) is 5.76 Å². The quantitative estimate of drug-likeness (QED) is 0.702. The molecular weight excluding hydrogens is 360 g/mol. The van der Waals surface area contributed by atoms with Crippen LogP contribution in [0.5, 0.6) is 11.5 Å². The van der Waals surface area contributed by atoms with Gasteiger partial charge in [-0.2, -0.15) is 0 Å². The van der Waals surface area contributed by atoms with E-state index in [1.807, 2.05) is 0 Å². The molecule has 0 unspecified atom stereocenters. The van der Waals surface area contributed by atoms with Crippen LogP contribution in [0.2, 0.25) is 0 Å². The molecule has 136 valence electrons. The molecule has 1 aliphatic heterocycles. The van der Waals surface area contributed by atoms with Gasteiger partial charge in [0.1, 0.15) is 11.6 Å². The number of ether oxygens (including phenoxy) is 1. The summed E-state index contributed by atoms with van der Waals surface area (Å²) in [6, 6.07) is 2.49. The fourth-order valence-corrected chi connectivity index (χ4v) is 4.11. The monoisotopic (exact) mass is 375 g/mol. The first-order valence-electron chi connectivity index (χ1n) is 7.23. The SMILES string of the molecule is CC(=O)Oc1c(N2CCCS2(O)O)oc(-c2cc(F)cc(F)c2)c1O. The molecule has 1 fully saturated rings. The summed E-state index contributed by atoms with van der Waals surface area (Å²) >= 11 is 0. The maximum absolute atomic E-state index is 13.5. The third kappa shape index (κ3) is 3.28. The van der Waals surface area contributed by atoms with Crippen LogP contribution in [0.3, 0.4) is 0 Å². The van der Waals surface area contributed by atoms with E-state index in [2.05, 4.69) is 0 Å². The topological polar surface area (TPSA) is 103 Å². The van der Waals surface area contributed by atoms with Crippen LogP contribution in [0, 0.1) is 11.6 Å². The minimum absolute atomic E-state index is 0.0812. The van der Waals surface area contributed by atoms with Crippen molar-refractivity contribution in [1.82, 2.24) is 0 Å². The van der Waals surface area contributed by atoms with E-state index in [0.29, 0.717) is 12.5 Å². The van der Waals surface area contributed by atoms with Crippen molar-refractivity contribution >= 4 is 22.6 Å². The highest BCUT2D eigenvalue weighted by Gasteiger charge is 2.37. The average Bonchev–Trinajstić information content (AvgIpc) is 2.98. The zero-order valence-corrected chi connectivity index (χ0v) is 13.8. The van der Waals surface area contributed by atoms with E-state index in [1.54, 1.807) is 0 Å². The van der Waals surface area contributed by atoms with Gasteiger partial charge in [-0.1, -0.05) is 0 Å². The van der Waals surface area contributed by atoms with Crippen molar-refractivity contribution in [3.63, 3.8) is 0 Å². The van der Waals surface area contributed by atoms with Crippen molar-refractivity contribution in [1.29, 1.82) is 0 Å². The Morgan fingerprint density at radius 1 is 1.28 bits per heavy atom. The second-order valence-electron chi connectivity index (χ2n) is 5.46. The Morgan fingerprint density at radius 3 is 2.44 bits per heavy atom. The zero-order chi connectivity index (χ0) is 18.4. The minimum Gasteiger partial charge on any atom is -0.502 e. The third-order valence-electron chi connectivity index (χ3n) is 3.55. The van der Waals surface area contributed by atoms with Gasteiger partial charge in [-0.05, 0) is 18.6 Å². The molecule has 0 spiro atoms. The molecule has 7 nitrogen and oxygen atoms in total. The Balaban J connectivity index is 2.16. The Hall–Kier alpha value is -2.30. The molecule has 0 amide bonds. The molecule has 0 saturated carbocycles. The minimum atomic E-state index is -3.21. The van der Waals surface area contributed by atoms with Crippen molar-refractivity contribution in [2.75, 3.05) is 16.6 Å². The van der Waals surface area contributed by atoms with Gasteiger partial charge in [-0.3, -0.25) is 13.9 Å². The third-order valence-corrected chi connectivity index (χ3v) is 5.44. The average molecular weight is 375 g/mol. The molecule has 10 heteroatoms. The Morgan fingerprint density at radius 2 is 1.92 bits per heavy atom. The number of esters is 1. The van der Waals surface area contributed by atoms with Crippen molar-refractivity contribution in [2.24, 2.45) is 0 Å². The number of hydrogen-bond acceptors (Lipinski definition) is 7. The van der Waals surface area contributed by atoms with Crippen LogP contribution in [0.15, 0.2) is 22.6 Å². The summed E-state index contributed by atoms with van der Waals surface area (Å²) in [7, 11) is -3.21. The van der Waals surface area contributed by atoms with Gasteiger partial charge in [-0.25, -0.2) is 13.1 Å². The number of furan rings is 1. The van der Waals surface area contributed by atoms with Crippen molar-refractivity contribution in [3.05, 3.63) is 29.8 Å². The highest BCUT2D eigenvalue weighted by molar-refractivity contribution is 8.25. The highest BCUT2D eigenvalue weighted by Crippen LogP contribution is 2.57. The number of carbonyl (C=O) groups is 1. The number of rotatable bonds is 3. The Bertz CT molecular complexity index is 817. The normalized spacial score (nSPS) is 17.6. The summed E-state index contributed by atoms with van der Waals surface area (Å²) < 4.78 is 58.5. The number of aromatic hydroxyl groups is 1. The molecule has 1 aromatic carbocycles. The molecular formula is C15H15F2NO6S. The Labute approximate surface area is 142 Å². The number of carbonyl (C=O) groups excluding carboxylic acids is 1. The van der Waals surface area contributed by atoms with Crippen molar-refractivity contribution in [2.45, 2.75) is 13.3 Å². The first kappa shape index (κ1) is 17.5. The standard InChI is InChI=1S/C15H15F2NO6S/c1-8(19)23-14-12(20)13(9-5-10(16)7-11(17)6-9)24-15(14)18-3-2-4-25(18,21)22/h5-7,20-22H,2-4H2,1H3. The smallest absolute Gasteiger partial charge is 0.308 e. The number of nitrogens with zero attached hydrogens (tertiary/aromatic N) is 1. The molecule has 3 N–H and O–H groups in total. The fraction of sp³-hybridized carbons (Fsp3) is 0.267. The number of hydrogen-bond donors (Lipinski definition) is 3. The molecule has 2 aromatic rings. The largest absolute Gasteiger partial charge is 0.502 e. The van der Waals surface area contributed by atoms with Crippen molar-refractivity contribution < 1.29 is 36.9 Å².